The maximum absolute atomic E-state index is 11.6. The summed E-state index contributed by atoms with van der Waals surface area (Å²) in [6.45, 7) is 0.214. The summed E-state index contributed by atoms with van der Waals surface area (Å²) in [5, 5.41) is 0. The lowest BCUT2D eigenvalue weighted by Gasteiger charge is -2.02. The normalized spacial score (nSPS) is 12.8. The van der Waals surface area contributed by atoms with Crippen LogP contribution in [0.2, 0.25) is 0 Å². The van der Waals surface area contributed by atoms with Gasteiger partial charge in [-0.25, -0.2) is 4.79 Å². The average molecular weight is 295 g/mol. The Morgan fingerprint density at radius 2 is 1.94 bits per heavy atom. The Kier molecular flexibility index (Phi) is 2.40. The van der Waals surface area contributed by atoms with Gasteiger partial charge in [-0.1, -0.05) is 6.07 Å². The monoisotopic (exact) mass is 294 g/mol. The van der Waals surface area contributed by atoms with Gasteiger partial charge in [0.05, 0.1) is 10.0 Å². The standard InChI is InChI=1S/C12H7BrO4/c13-8-4-9(12(14)15-5-8)7-1-2-10-11(3-7)17-6-16-10/h1-5H,6H2. The van der Waals surface area contributed by atoms with Crippen molar-refractivity contribution in [2.24, 2.45) is 0 Å². The fourth-order valence-corrected chi connectivity index (χ4v) is 1.99. The summed E-state index contributed by atoms with van der Waals surface area (Å²) in [6.07, 6.45) is 1.36. The fraction of sp³-hybridized carbons (Fsp3) is 0.0833. The smallest absolute Gasteiger partial charge is 0.343 e. The van der Waals surface area contributed by atoms with Crippen LogP contribution in [-0.4, -0.2) is 6.79 Å². The number of halogens is 1. The van der Waals surface area contributed by atoms with Crippen LogP contribution in [0.25, 0.3) is 11.1 Å². The van der Waals surface area contributed by atoms with Crippen molar-refractivity contribution in [1.29, 1.82) is 0 Å². The van der Waals surface area contributed by atoms with Crippen molar-refractivity contribution >= 4 is 15.9 Å². The van der Waals surface area contributed by atoms with Crippen LogP contribution in [0.5, 0.6) is 11.5 Å². The van der Waals surface area contributed by atoms with E-state index < -0.39 is 0 Å². The predicted octanol–water partition coefficient (Wildman–Crippen LogP) is 2.80. The van der Waals surface area contributed by atoms with E-state index in [0.717, 1.165) is 5.56 Å². The van der Waals surface area contributed by atoms with Gasteiger partial charge in [0.1, 0.15) is 6.26 Å². The maximum atomic E-state index is 11.6. The molecule has 0 radical (unpaired) electrons. The van der Waals surface area contributed by atoms with Crippen LogP contribution in [0, 0.1) is 0 Å². The zero-order chi connectivity index (χ0) is 11.8. The molecule has 1 aromatic carbocycles. The van der Waals surface area contributed by atoms with E-state index in [1.54, 1.807) is 24.3 Å². The molecule has 3 rings (SSSR count). The molecule has 0 N–H and O–H groups in total. The third-order valence-corrected chi connectivity index (χ3v) is 2.88. The molecule has 0 atom stereocenters. The average Bonchev–Trinajstić information content (AvgIpc) is 2.79. The minimum Gasteiger partial charge on any atom is -0.454 e. The molecule has 2 aromatic rings. The highest BCUT2D eigenvalue weighted by atomic mass is 79.9. The predicted molar refractivity (Wildman–Crippen MR) is 64.2 cm³/mol. The topological polar surface area (TPSA) is 48.7 Å². The van der Waals surface area contributed by atoms with Crippen molar-refractivity contribution < 1.29 is 13.9 Å². The zero-order valence-electron chi connectivity index (χ0n) is 8.60. The largest absolute Gasteiger partial charge is 0.454 e. The minimum atomic E-state index is -0.382. The van der Waals surface area contributed by atoms with Gasteiger partial charge in [-0.2, -0.15) is 0 Å². The highest BCUT2D eigenvalue weighted by molar-refractivity contribution is 9.10. The highest BCUT2D eigenvalue weighted by Gasteiger charge is 2.15. The van der Waals surface area contributed by atoms with Crippen LogP contribution in [0.4, 0.5) is 0 Å². The third kappa shape index (κ3) is 1.82. The number of fused-ring (bicyclic) bond motifs is 1. The van der Waals surface area contributed by atoms with Crippen LogP contribution >= 0.6 is 15.9 Å². The van der Waals surface area contributed by atoms with Crippen LogP contribution in [-0.2, 0) is 0 Å². The molecule has 1 aliphatic rings. The van der Waals surface area contributed by atoms with Gasteiger partial charge in [0, 0.05) is 0 Å². The van der Waals surface area contributed by atoms with E-state index in [1.807, 2.05) is 0 Å². The Bertz CT molecular complexity index is 633. The lowest BCUT2D eigenvalue weighted by molar-refractivity contribution is 0.174. The summed E-state index contributed by atoms with van der Waals surface area (Å²) in [5.74, 6) is 1.33. The number of hydrogen-bond acceptors (Lipinski definition) is 4. The molecule has 4 nitrogen and oxygen atoms in total. The molecule has 0 unspecified atom stereocenters. The first-order valence-electron chi connectivity index (χ1n) is 4.92. The Balaban J connectivity index is 2.15. The van der Waals surface area contributed by atoms with E-state index in [1.165, 1.54) is 6.26 Å². The highest BCUT2D eigenvalue weighted by Crippen LogP contribution is 2.35. The molecule has 17 heavy (non-hydrogen) atoms. The molecule has 1 aromatic heterocycles. The first kappa shape index (κ1) is 10.4. The van der Waals surface area contributed by atoms with Crippen molar-refractivity contribution in [3.05, 3.63) is 45.4 Å². The van der Waals surface area contributed by atoms with E-state index in [9.17, 15) is 4.79 Å². The maximum Gasteiger partial charge on any atom is 0.343 e. The lowest BCUT2D eigenvalue weighted by Crippen LogP contribution is -2.01. The summed E-state index contributed by atoms with van der Waals surface area (Å²) >= 11 is 3.27. The summed E-state index contributed by atoms with van der Waals surface area (Å²) in [7, 11) is 0. The molecule has 0 spiro atoms. The van der Waals surface area contributed by atoms with Crippen molar-refractivity contribution in [3.63, 3.8) is 0 Å². The van der Waals surface area contributed by atoms with Crippen molar-refractivity contribution in [2.45, 2.75) is 0 Å². The minimum absolute atomic E-state index is 0.214. The number of ether oxygens (including phenoxy) is 2. The molecule has 0 aliphatic carbocycles. The van der Waals surface area contributed by atoms with Crippen LogP contribution in [0.1, 0.15) is 0 Å². The molecule has 0 fully saturated rings. The Morgan fingerprint density at radius 1 is 1.12 bits per heavy atom. The van der Waals surface area contributed by atoms with Gasteiger partial charge in [0.15, 0.2) is 11.5 Å². The first-order valence-corrected chi connectivity index (χ1v) is 5.72. The summed E-state index contributed by atoms with van der Waals surface area (Å²) in [4.78, 5) is 11.6. The second kappa shape index (κ2) is 3.92. The van der Waals surface area contributed by atoms with Gasteiger partial charge < -0.3 is 13.9 Å². The molecule has 0 amide bonds. The van der Waals surface area contributed by atoms with Gasteiger partial charge in [-0.05, 0) is 39.7 Å². The molecule has 5 heteroatoms. The van der Waals surface area contributed by atoms with Crippen LogP contribution in [0.3, 0.4) is 0 Å². The Morgan fingerprint density at radius 3 is 2.82 bits per heavy atom. The van der Waals surface area contributed by atoms with Crippen LogP contribution < -0.4 is 15.1 Å². The number of benzene rings is 1. The van der Waals surface area contributed by atoms with E-state index in [2.05, 4.69) is 15.9 Å². The van der Waals surface area contributed by atoms with E-state index in [4.69, 9.17) is 13.9 Å². The lowest BCUT2D eigenvalue weighted by atomic mass is 10.1. The quantitative estimate of drug-likeness (QED) is 0.811. The third-order valence-electron chi connectivity index (χ3n) is 2.46. The molecule has 86 valence electrons. The van der Waals surface area contributed by atoms with Gasteiger partial charge in [0.2, 0.25) is 6.79 Å². The van der Waals surface area contributed by atoms with Crippen molar-refractivity contribution in [3.8, 4) is 22.6 Å². The summed E-state index contributed by atoms with van der Waals surface area (Å²) in [6, 6.07) is 7.05. The fourth-order valence-electron chi connectivity index (χ4n) is 1.67. The Hall–Kier alpha value is -1.75. The summed E-state index contributed by atoms with van der Waals surface area (Å²) in [5.41, 5.74) is 0.842. The SMILES string of the molecule is O=c1occ(Br)cc1-c1ccc2c(c1)OCO2. The molecular formula is C12H7BrO4. The van der Waals surface area contributed by atoms with Gasteiger partial charge in [-0.15, -0.1) is 0 Å². The van der Waals surface area contributed by atoms with Crippen molar-refractivity contribution in [2.75, 3.05) is 6.79 Å². The van der Waals surface area contributed by atoms with E-state index >= 15 is 0 Å². The van der Waals surface area contributed by atoms with E-state index in [-0.39, 0.29) is 12.4 Å². The van der Waals surface area contributed by atoms with Gasteiger partial charge in [0.25, 0.3) is 0 Å². The van der Waals surface area contributed by atoms with Crippen LogP contribution in [0.15, 0.2) is 44.2 Å². The number of rotatable bonds is 1. The van der Waals surface area contributed by atoms with Gasteiger partial charge >= 0.3 is 5.63 Å². The van der Waals surface area contributed by atoms with Gasteiger partial charge in [-0.3, -0.25) is 0 Å². The Labute approximate surface area is 105 Å². The second-order valence-corrected chi connectivity index (χ2v) is 4.45. The molecule has 0 bridgehead atoms. The number of hydrogen-bond donors (Lipinski definition) is 0. The summed E-state index contributed by atoms with van der Waals surface area (Å²) < 4.78 is 16.1. The molecule has 1 aliphatic heterocycles. The molecule has 2 heterocycles. The second-order valence-electron chi connectivity index (χ2n) is 3.53. The molecular weight excluding hydrogens is 288 g/mol. The molecule has 0 saturated carbocycles. The van der Waals surface area contributed by atoms with Crippen molar-refractivity contribution in [1.82, 2.24) is 0 Å². The van der Waals surface area contributed by atoms with E-state index in [0.29, 0.717) is 21.5 Å². The first-order chi connectivity index (χ1) is 8.24. The molecule has 0 saturated heterocycles. The zero-order valence-corrected chi connectivity index (χ0v) is 10.2.